The van der Waals surface area contributed by atoms with Gasteiger partial charge in [-0.3, -0.25) is 4.79 Å². The lowest BCUT2D eigenvalue weighted by Gasteiger charge is -2.19. The molecule has 0 fully saturated rings. The van der Waals surface area contributed by atoms with Gasteiger partial charge < -0.3 is 10.1 Å². The van der Waals surface area contributed by atoms with Crippen LogP contribution in [0.1, 0.15) is 31.4 Å². The fraction of sp³-hybridized carbons (Fsp3) is 0.462. The summed E-state index contributed by atoms with van der Waals surface area (Å²) in [5, 5.41) is 3.69. The molecule has 0 saturated heterocycles. The van der Waals surface area contributed by atoms with Crippen molar-refractivity contribution < 1.29 is 9.53 Å². The van der Waals surface area contributed by atoms with Gasteiger partial charge in [-0.1, -0.05) is 41.1 Å². The summed E-state index contributed by atoms with van der Waals surface area (Å²) in [7, 11) is 1.64. The largest absolute Gasteiger partial charge is 0.496 e. The Morgan fingerprint density at radius 1 is 1.47 bits per heavy atom. The Labute approximate surface area is 111 Å². The predicted molar refractivity (Wildman–Crippen MR) is 72.6 cm³/mol. The van der Waals surface area contributed by atoms with Crippen LogP contribution < -0.4 is 10.1 Å². The molecule has 1 aromatic carbocycles. The van der Waals surface area contributed by atoms with Crippen LogP contribution in [0.25, 0.3) is 0 Å². The Morgan fingerprint density at radius 3 is 2.76 bits per heavy atom. The van der Waals surface area contributed by atoms with Crippen molar-refractivity contribution in [3.63, 3.8) is 0 Å². The van der Waals surface area contributed by atoms with Gasteiger partial charge in [-0.15, -0.1) is 0 Å². The van der Waals surface area contributed by atoms with Gasteiger partial charge in [0.15, 0.2) is 0 Å². The summed E-state index contributed by atoms with van der Waals surface area (Å²) in [5.74, 6) is 0.873. The number of rotatable bonds is 6. The molecule has 1 amide bonds. The van der Waals surface area contributed by atoms with Crippen LogP contribution in [-0.4, -0.2) is 18.3 Å². The van der Waals surface area contributed by atoms with Gasteiger partial charge in [0.25, 0.3) is 0 Å². The van der Waals surface area contributed by atoms with Crippen LogP contribution in [0.4, 0.5) is 0 Å². The maximum Gasteiger partial charge on any atom is 0.221 e. The topological polar surface area (TPSA) is 38.3 Å². The van der Waals surface area contributed by atoms with Crippen LogP contribution >= 0.6 is 15.9 Å². The molecule has 0 radical (unpaired) electrons. The molecule has 1 rings (SSSR count). The number of carbonyl (C=O) groups excluding carboxylic acids is 1. The van der Waals surface area contributed by atoms with Crippen molar-refractivity contribution in [3.8, 4) is 5.75 Å². The zero-order valence-corrected chi connectivity index (χ0v) is 11.8. The first-order valence-electron chi connectivity index (χ1n) is 5.71. The maximum absolute atomic E-state index is 11.6. The van der Waals surface area contributed by atoms with E-state index in [-0.39, 0.29) is 11.9 Å². The Bertz CT molecular complexity index is 368. The molecule has 0 aliphatic carbocycles. The minimum atomic E-state index is 0.0118. The van der Waals surface area contributed by atoms with Crippen LogP contribution in [0.5, 0.6) is 5.75 Å². The smallest absolute Gasteiger partial charge is 0.221 e. The fourth-order valence-corrected chi connectivity index (χ4v) is 2.07. The first kappa shape index (κ1) is 14.0. The summed E-state index contributed by atoms with van der Waals surface area (Å²) >= 11 is 3.26. The van der Waals surface area contributed by atoms with Crippen molar-refractivity contribution in [2.75, 3.05) is 12.4 Å². The average molecular weight is 300 g/mol. The first-order chi connectivity index (χ1) is 8.22. The molecule has 0 saturated carbocycles. The summed E-state index contributed by atoms with van der Waals surface area (Å²) in [6.45, 7) is 2.05. The molecular formula is C13H18BrNO2. The van der Waals surface area contributed by atoms with Gasteiger partial charge in [0.1, 0.15) is 5.75 Å². The molecular weight excluding hydrogens is 282 g/mol. The number of para-hydroxylation sites is 1. The SMILES string of the molecule is CCC(NC(=O)CCBr)c1ccccc1OC. The van der Waals surface area contributed by atoms with E-state index in [4.69, 9.17) is 4.74 Å². The van der Waals surface area contributed by atoms with Crippen LogP contribution in [-0.2, 0) is 4.79 Å². The molecule has 94 valence electrons. The van der Waals surface area contributed by atoms with E-state index in [2.05, 4.69) is 21.2 Å². The van der Waals surface area contributed by atoms with Crippen molar-refractivity contribution in [3.05, 3.63) is 29.8 Å². The number of ether oxygens (including phenoxy) is 1. The second-order valence-corrected chi connectivity index (χ2v) is 4.50. The number of hydrogen-bond donors (Lipinski definition) is 1. The van der Waals surface area contributed by atoms with E-state index >= 15 is 0 Å². The quantitative estimate of drug-likeness (QED) is 0.820. The molecule has 1 unspecified atom stereocenters. The molecule has 1 aromatic rings. The standard InChI is InChI=1S/C13H18BrNO2/c1-3-11(15-13(16)8-9-14)10-6-4-5-7-12(10)17-2/h4-7,11H,3,8-9H2,1-2H3,(H,15,16). The maximum atomic E-state index is 11.6. The van der Waals surface area contributed by atoms with Crippen LogP contribution in [0, 0.1) is 0 Å². The molecule has 1 atom stereocenters. The third kappa shape index (κ3) is 4.04. The first-order valence-corrected chi connectivity index (χ1v) is 6.83. The van der Waals surface area contributed by atoms with Crippen molar-refractivity contribution in [1.29, 1.82) is 0 Å². The number of carbonyl (C=O) groups is 1. The number of hydrogen-bond acceptors (Lipinski definition) is 2. The van der Waals surface area contributed by atoms with E-state index in [1.54, 1.807) is 7.11 Å². The average Bonchev–Trinajstić information content (AvgIpc) is 2.36. The highest BCUT2D eigenvalue weighted by atomic mass is 79.9. The number of halogens is 1. The highest BCUT2D eigenvalue weighted by Gasteiger charge is 2.15. The van der Waals surface area contributed by atoms with E-state index in [1.807, 2.05) is 31.2 Å². The van der Waals surface area contributed by atoms with Gasteiger partial charge in [0, 0.05) is 17.3 Å². The Morgan fingerprint density at radius 2 is 2.18 bits per heavy atom. The lowest BCUT2D eigenvalue weighted by Crippen LogP contribution is -2.28. The van der Waals surface area contributed by atoms with E-state index in [9.17, 15) is 4.79 Å². The fourth-order valence-electron chi connectivity index (χ4n) is 1.71. The summed E-state index contributed by atoms with van der Waals surface area (Å²) in [4.78, 5) is 11.6. The van der Waals surface area contributed by atoms with Crippen molar-refractivity contribution in [2.24, 2.45) is 0 Å². The monoisotopic (exact) mass is 299 g/mol. The molecule has 0 aliphatic rings. The number of methoxy groups -OCH3 is 1. The summed E-state index contributed by atoms with van der Waals surface area (Å²) in [6.07, 6.45) is 1.33. The van der Waals surface area contributed by atoms with Gasteiger partial charge >= 0.3 is 0 Å². The lowest BCUT2D eigenvalue weighted by molar-refractivity contribution is -0.121. The second-order valence-electron chi connectivity index (χ2n) is 3.71. The van der Waals surface area contributed by atoms with Crippen LogP contribution in [0.15, 0.2) is 24.3 Å². The zero-order chi connectivity index (χ0) is 12.7. The molecule has 3 nitrogen and oxygen atoms in total. The molecule has 17 heavy (non-hydrogen) atoms. The molecule has 0 spiro atoms. The van der Waals surface area contributed by atoms with Crippen molar-refractivity contribution in [1.82, 2.24) is 5.32 Å². The number of alkyl halides is 1. The minimum absolute atomic E-state index is 0.0118. The van der Waals surface area contributed by atoms with Crippen LogP contribution in [0.3, 0.4) is 0 Å². The molecule has 0 heterocycles. The molecule has 0 aliphatic heterocycles. The van der Waals surface area contributed by atoms with Gasteiger partial charge in [-0.2, -0.15) is 0 Å². The van der Waals surface area contributed by atoms with Gasteiger partial charge in [0.2, 0.25) is 5.91 Å². The van der Waals surface area contributed by atoms with E-state index < -0.39 is 0 Å². The Hall–Kier alpha value is -1.03. The zero-order valence-electron chi connectivity index (χ0n) is 10.2. The van der Waals surface area contributed by atoms with E-state index in [0.29, 0.717) is 11.8 Å². The third-order valence-corrected chi connectivity index (χ3v) is 2.98. The third-order valence-electron chi connectivity index (χ3n) is 2.58. The van der Waals surface area contributed by atoms with Gasteiger partial charge in [-0.05, 0) is 12.5 Å². The number of nitrogens with one attached hydrogen (secondary N) is 1. The number of amides is 1. The Kier molecular flexibility index (Phi) is 6.05. The molecule has 0 aromatic heterocycles. The predicted octanol–water partition coefficient (Wildman–Crippen LogP) is 3.05. The summed E-state index contributed by atoms with van der Waals surface area (Å²) < 4.78 is 5.31. The second kappa shape index (κ2) is 7.33. The summed E-state index contributed by atoms with van der Waals surface area (Å²) in [6, 6.07) is 7.79. The van der Waals surface area contributed by atoms with Gasteiger partial charge in [-0.25, -0.2) is 0 Å². The lowest BCUT2D eigenvalue weighted by atomic mass is 10.0. The highest BCUT2D eigenvalue weighted by molar-refractivity contribution is 9.09. The minimum Gasteiger partial charge on any atom is -0.496 e. The van der Waals surface area contributed by atoms with Crippen molar-refractivity contribution in [2.45, 2.75) is 25.8 Å². The Balaban J connectivity index is 2.82. The number of benzene rings is 1. The summed E-state index contributed by atoms with van der Waals surface area (Å²) in [5.41, 5.74) is 1.03. The normalized spacial score (nSPS) is 11.9. The van der Waals surface area contributed by atoms with Gasteiger partial charge in [0.05, 0.1) is 13.2 Å². The highest BCUT2D eigenvalue weighted by Crippen LogP contribution is 2.26. The van der Waals surface area contributed by atoms with Crippen molar-refractivity contribution >= 4 is 21.8 Å². The van der Waals surface area contributed by atoms with Crippen LogP contribution in [0.2, 0.25) is 0 Å². The molecule has 1 N–H and O–H groups in total. The van der Waals surface area contributed by atoms with E-state index in [1.165, 1.54) is 0 Å². The molecule has 4 heteroatoms. The van der Waals surface area contributed by atoms with E-state index in [0.717, 1.165) is 17.7 Å². The molecule has 0 bridgehead atoms.